The van der Waals surface area contributed by atoms with Gasteiger partial charge in [0.05, 0.1) is 6.54 Å². The molecule has 0 radical (unpaired) electrons. The van der Waals surface area contributed by atoms with Gasteiger partial charge in [-0.15, -0.1) is 0 Å². The molecule has 0 aromatic rings. The summed E-state index contributed by atoms with van der Waals surface area (Å²) >= 11 is 0. The number of hydrogen-bond donors (Lipinski definition) is 4. The third kappa shape index (κ3) is 3.61. The number of likely N-dealkylation sites (N-methyl/N-ethyl adjacent to an activating group) is 1. The van der Waals surface area contributed by atoms with Crippen LogP contribution in [0.15, 0.2) is 0 Å². The van der Waals surface area contributed by atoms with Gasteiger partial charge in [-0.2, -0.15) is 0 Å². The first-order valence-electron chi connectivity index (χ1n) is 6.06. The number of urea groups is 1. The summed E-state index contributed by atoms with van der Waals surface area (Å²) in [6, 6.07) is -0.620. The molecule has 0 heterocycles. The van der Waals surface area contributed by atoms with E-state index in [2.05, 4.69) is 16.0 Å². The van der Waals surface area contributed by atoms with Crippen molar-refractivity contribution in [2.75, 3.05) is 13.1 Å². The summed E-state index contributed by atoms with van der Waals surface area (Å²) in [5.74, 6) is -1.32. The summed E-state index contributed by atoms with van der Waals surface area (Å²) < 4.78 is 0. The van der Waals surface area contributed by atoms with Gasteiger partial charge in [0, 0.05) is 6.54 Å². The minimum Gasteiger partial charge on any atom is -0.480 e. The molecule has 1 fully saturated rings. The highest BCUT2D eigenvalue weighted by atomic mass is 16.4. The number of carbonyl (C=O) groups is 3. The highest BCUT2D eigenvalue weighted by Crippen LogP contribution is 2.29. The summed E-state index contributed by atoms with van der Waals surface area (Å²) in [7, 11) is 0. The Morgan fingerprint density at radius 1 is 1.17 bits per heavy atom. The van der Waals surface area contributed by atoms with Crippen molar-refractivity contribution in [3.8, 4) is 0 Å². The minimum absolute atomic E-state index is 0.157. The predicted molar refractivity (Wildman–Crippen MR) is 64.1 cm³/mol. The molecule has 102 valence electrons. The molecular weight excluding hydrogens is 238 g/mol. The average molecular weight is 257 g/mol. The van der Waals surface area contributed by atoms with Crippen LogP contribution in [0.3, 0.4) is 0 Å². The van der Waals surface area contributed by atoms with Gasteiger partial charge in [0.15, 0.2) is 0 Å². The Labute approximate surface area is 105 Å². The van der Waals surface area contributed by atoms with Crippen molar-refractivity contribution in [3.63, 3.8) is 0 Å². The molecular formula is C11H19N3O4. The van der Waals surface area contributed by atoms with Crippen LogP contribution in [-0.4, -0.2) is 41.6 Å². The van der Waals surface area contributed by atoms with Crippen LogP contribution in [-0.2, 0) is 9.59 Å². The highest BCUT2D eigenvalue weighted by Gasteiger charge is 2.42. The molecule has 0 aliphatic heterocycles. The van der Waals surface area contributed by atoms with Gasteiger partial charge in [0.25, 0.3) is 0 Å². The van der Waals surface area contributed by atoms with Crippen LogP contribution in [0, 0.1) is 0 Å². The second-order valence-electron chi connectivity index (χ2n) is 4.36. The van der Waals surface area contributed by atoms with Crippen molar-refractivity contribution < 1.29 is 19.5 Å². The lowest BCUT2D eigenvalue weighted by Crippen LogP contribution is -2.56. The van der Waals surface area contributed by atoms with Gasteiger partial charge in [-0.1, -0.05) is 12.8 Å². The molecule has 0 atom stereocenters. The number of carboxylic acid groups (broad SMARTS) is 1. The normalized spacial score (nSPS) is 16.9. The van der Waals surface area contributed by atoms with E-state index in [9.17, 15) is 14.4 Å². The second-order valence-corrected chi connectivity index (χ2v) is 4.36. The first kappa shape index (κ1) is 14.3. The summed E-state index contributed by atoms with van der Waals surface area (Å²) in [4.78, 5) is 33.9. The standard InChI is InChI=1S/C11H19N3O4/c1-2-12-8(15)7-13-10(18)14-11(9(16)17)5-3-4-6-11/h2-7H2,1H3,(H,12,15)(H,16,17)(H2,13,14,18). The number of carbonyl (C=O) groups excluding carboxylic acids is 2. The molecule has 0 saturated heterocycles. The van der Waals surface area contributed by atoms with Crippen LogP contribution in [0.25, 0.3) is 0 Å². The fraction of sp³-hybridized carbons (Fsp3) is 0.727. The van der Waals surface area contributed by atoms with Crippen LogP contribution in [0.4, 0.5) is 4.79 Å². The molecule has 1 saturated carbocycles. The van der Waals surface area contributed by atoms with Crippen molar-refractivity contribution in [2.24, 2.45) is 0 Å². The lowest BCUT2D eigenvalue weighted by Gasteiger charge is -2.25. The zero-order chi connectivity index (χ0) is 13.6. The Bertz CT molecular complexity index is 337. The molecule has 0 spiro atoms. The van der Waals surface area contributed by atoms with Crippen LogP contribution in [0.2, 0.25) is 0 Å². The Morgan fingerprint density at radius 3 is 2.28 bits per heavy atom. The van der Waals surface area contributed by atoms with Crippen molar-refractivity contribution in [3.05, 3.63) is 0 Å². The fourth-order valence-corrected chi connectivity index (χ4v) is 2.05. The minimum atomic E-state index is -1.18. The number of carboxylic acids is 1. The molecule has 7 heteroatoms. The van der Waals surface area contributed by atoms with Crippen LogP contribution in [0.5, 0.6) is 0 Å². The summed E-state index contributed by atoms with van der Waals surface area (Å²) in [5.41, 5.74) is -1.18. The van der Waals surface area contributed by atoms with E-state index in [1.807, 2.05) is 0 Å². The second kappa shape index (κ2) is 6.23. The van der Waals surface area contributed by atoms with Crippen LogP contribution < -0.4 is 16.0 Å². The molecule has 18 heavy (non-hydrogen) atoms. The fourth-order valence-electron chi connectivity index (χ4n) is 2.05. The van der Waals surface area contributed by atoms with Gasteiger partial charge in [-0.05, 0) is 19.8 Å². The van der Waals surface area contributed by atoms with Crippen LogP contribution >= 0.6 is 0 Å². The van der Waals surface area contributed by atoms with E-state index < -0.39 is 17.5 Å². The molecule has 3 amide bonds. The monoisotopic (exact) mass is 257 g/mol. The summed E-state index contributed by atoms with van der Waals surface area (Å²) in [6.07, 6.45) is 2.42. The van der Waals surface area contributed by atoms with Gasteiger partial charge in [-0.25, -0.2) is 9.59 Å². The zero-order valence-electron chi connectivity index (χ0n) is 10.4. The Morgan fingerprint density at radius 2 is 1.78 bits per heavy atom. The van der Waals surface area contributed by atoms with E-state index >= 15 is 0 Å². The Hall–Kier alpha value is -1.79. The number of amides is 3. The molecule has 0 aromatic heterocycles. The number of aliphatic carboxylic acids is 1. The number of hydrogen-bond acceptors (Lipinski definition) is 3. The van der Waals surface area contributed by atoms with E-state index in [1.54, 1.807) is 6.92 Å². The summed E-state index contributed by atoms with van der Waals surface area (Å²) in [6.45, 7) is 2.10. The van der Waals surface area contributed by atoms with Gasteiger partial charge in [0.2, 0.25) is 5.91 Å². The average Bonchev–Trinajstić information content (AvgIpc) is 2.77. The topological polar surface area (TPSA) is 108 Å². The Balaban J connectivity index is 2.43. The molecule has 4 N–H and O–H groups in total. The van der Waals surface area contributed by atoms with Gasteiger partial charge in [0.1, 0.15) is 5.54 Å². The Kier molecular flexibility index (Phi) is 4.94. The predicted octanol–water partition coefficient (Wildman–Crippen LogP) is -0.181. The molecule has 1 aliphatic carbocycles. The molecule has 1 rings (SSSR count). The highest BCUT2D eigenvalue weighted by molar-refractivity contribution is 5.88. The smallest absolute Gasteiger partial charge is 0.329 e. The van der Waals surface area contributed by atoms with Crippen molar-refractivity contribution >= 4 is 17.9 Å². The first-order valence-corrected chi connectivity index (χ1v) is 6.06. The van der Waals surface area contributed by atoms with Crippen molar-refractivity contribution in [2.45, 2.75) is 38.1 Å². The van der Waals surface area contributed by atoms with E-state index in [-0.39, 0.29) is 12.5 Å². The third-order valence-corrected chi connectivity index (χ3v) is 3.00. The van der Waals surface area contributed by atoms with E-state index in [4.69, 9.17) is 5.11 Å². The van der Waals surface area contributed by atoms with E-state index in [0.717, 1.165) is 12.8 Å². The van der Waals surface area contributed by atoms with E-state index in [0.29, 0.717) is 19.4 Å². The van der Waals surface area contributed by atoms with Gasteiger partial charge < -0.3 is 21.1 Å². The largest absolute Gasteiger partial charge is 0.480 e. The quantitative estimate of drug-likeness (QED) is 0.548. The SMILES string of the molecule is CCNC(=O)CNC(=O)NC1(C(=O)O)CCCC1. The lowest BCUT2D eigenvalue weighted by atomic mass is 9.98. The van der Waals surface area contributed by atoms with E-state index in [1.165, 1.54) is 0 Å². The molecule has 0 bridgehead atoms. The zero-order valence-corrected chi connectivity index (χ0v) is 10.4. The molecule has 0 unspecified atom stereocenters. The number of nitrogens with one attached hydrogen (secondary N) is 3. The van der Waals surface area contributed by atoms with Gasteiger partial charge >= 0.3 is 12.0 Å². The summed E-state index contributed by atoms with van der Waals surface area (Å²) in [5, 5.41) is 16.5. The molecule has 7 nitrogen and oxygen atoms in total. The van der Waals surface area contributed by atoms with Crippen molar-refractivity contribution in [1.82, 2.24) is 16.0 Å². The van der Waals surface area contributed by atoms with Gasteiger partial charge in [-0.3, -0.25) is 4.79 Å². The van der Waals surface area contributed by atoms with Crippen LogP contribution in [0.1, 0.15) is 32.6 Å². The first-order chi connectivity index (χ1) is 8.50. The van der Waals surface area contributed by atoms with Crippen molar-refractivity contribution in [1.29, 1.82) is 0 Å². The lowest BCUT2D eigenvalue weighted by molar-refractivity contribution is -0.144. The third-order valence-electron chi connectivity index (χ3n) is 3.00. The maximum Gasteiger partial charge on any atom is 0.329 e. The maximum atomic E-state index is 11.6. The number of rotatable bonds is 5. The molecule has 0 aromatic carbocycles. The molecule has 1 aliphatic rings. The maximum absolute atomic E-state index is 11.6.